The zero-order chi connectivity index (χ0) is 11.9. The smallest absolute Gasteiger partial charge is 0.162 e. The maximum Gasteiger partial charge on any atom is 0.162 e. The first-order valence-corrected chi connectivity index (χ1v) is 6.42. The second-order valence-corrected chi connectivity index (χ2v) is 5.21. The molecule has 1 saturated heterocycles. The third-order valence-electron chi connectivity index (χ3n) is 3.69. The molecule has 0 amide bonds. The summed E-state index contributed by atoms with van der Waals surface area (Å²) >= 11 is 0. The molecule has 1 atom stereocenters. The van der Waals surface area contributed by atoms with Gasteiger partial charge in [0.25, 0.3) is 0 Å². The van der Waals surface area contributed by atoms with E-state index < -0.39 is 0 Å². The Kier molecular flexibility index (Phi) is 2.54. The van der Waals surface area contributed by atoms with Crippen LogP contribution in [0.2, 0.25) is 0 Å². The van der Waals surface area contributed by atoms with Crippen molar-refractivity contribution in [3.05, 3.63) is 17.6 Å². The number of ether oxygens (including phenoxy) is 1. The van der Waals surface area contributed by atoms with Gasteiger partial charge in [-0.1, -0.05) is 0 Å². The molecular formula is C13H19N3O. The highest BCUT2D eigenvalue weighted by Gasteiger charge is 2.36. The molecule has 1 N–H and O–H groups in total. The Morgan fingerprint density at radius 2 is 2.24 bits per heavy atom. The molecule has 1 aromatic heterocycles. The van der Waals surface area contributed by atoms with Gasteiger partial charge in [0, 0.05) is 31.3 Å². The molecule has 1 aliphatic heterocycles. The molecule has 2 aliphatic rings. The van der Waals surface area contributed by atoms with Gasteiger partial charge >= 0.3 is 0 Å². The number of rotatable bonds is 3. The van der Waals surface area contributed by atoms with E-state index in [1.54, 1.807) is 0 Å². The van der Waals surface area contributed by atoms with Gasteiger partial charge < -0.3 is 10.1 Å². The minimum Gasteiger partial charge on any atom is -0.373 e. The minimum absolute atomic E-state index is 0.281. The van der Waals surface area contributed by atoms with E-state index in [0.717, 1.165) is 31.1 Å². The quantitative estimate of drug-likeness (QED) is 0.871. The number of hydrogen-bond donors (Lipinski definition) is 1. The monoisotopic (exact) mass is 233 g/mol. The number of anilines is 1. The fourth-order valence-electron chi connectivity index (χ4n) is 2.37. The second kappa shape index (κ2) is 3.95. The van der Waals surface area contributed by atoms with E-state index in [2.05, 4.69) is 23.3 Å². The summed E-state index contributed by atoms with van der Waals surface area (Å²) < 4.78 is 5.83. The fourth-order valence-corrected chi connectivity index (χ4v) is 2.37. The lowest BCUT2D eigenvalue weighted by Crippen LogP contribution is -2.24. The van der Waals surface area contributed by atoms with Crippen LogP contribution in [0, 0.1) is 0 Å². The topological polar surface area (TPSA) is 47.0 Å². The van der Waals surface area contributed by atoms with Gasteiger partial charge in [0.1, 0.15) is 11.4 Å². The molecule has 2 heterocycles. The van der Waals surface area contributed by atoms with Crippen LogP contribution < -0.4 is 5.32 Å². The van der Waals surface area contributed by atoms with Crippen molar-refractivity contribution in [3.8, 4) is 0 Å². The molecule has 2 fully saturated rings. The summed E-state index contributed by atoms with van der Waals surface area (Å²) in [6.07, 6.45) is 4.64. The van der Waals surface area contributed by atoms with Crippen LogP contribution in [0.1, 0.15) is 50.0 Å². The van der Waals surface area contributed by atoms with Crippen LogP contribution in [0.3, 0.4) is 0 Å². The Balaban J connectivity index is 1.99. The Labute approximate surface area is 102 Å². The molecule has 17 heavy (non-hydrogen) atoms. The molecule has 92 valence electrons. The molecule has 3 rings (SSSR count). The molecular weight excluding hydrogens is 214 g/mol. The first kappa shape index (κ1) is 11.0. The van der Waals surface area contributed by atoms with E-state index >= 15 is 0 Å². The van der Waals surface area contributed by atoms with Crippen molar-refractivity contribution in [2.24, 2.45) is 0 Å². The normalized spacial score (nSPS) is 28.4. The lowest BCUT2D eigenvalue weighted by atomic mass is 10.0. The zero-order valence-corrected chi connectivity index (χ0v) is 10.5. The molecule has 1 aromatic rings. The summed E-state index contributed by atoms with van der Waals surface area (Å²) in [6.45, 7) is 2.92. The van der Waals surface area contributed by atoms with Crippen LogP contribution >= 0.6 is 0 Å². The molecule has 1 aliphatic carbocycles. The zero-order valence-electron chi connectivity index (χ0n) is 10.5. The predicted molar refractivity (Wildman–Crippen MR) is 66.1 cm³/mol. The van der Waals surface area contributed by atoms with Gasteiger partial charge in [0.05, 0.1) is 0 Å². The van der Waals surface area contributed by atoms with Crippen molar-refractivity contribution in [1.82, 2.24) is 9.97 Å². The number of nitrogens with zero attached hydrogens (tertiary/aromatic N) is 2. The number of hydrogen-bond acceptors (Lipinski definition) is 4. The average Bonchev–Trinajstić information content (AvgIpc) is 3.11. The molecule has 0 aromatic carbocycles. The highest BCUT2D eigenvalue weighted by Crippen LogP contribution is 2.41. The maximum absolute atomic E-state index is 5.83. The van der Waals surface area contributed by atoms with Gasteiger partial charge in [0.2, 0.25) is 0 Å². The van der Waals surface area contributed by atoms with E-state index in [9.17, 15) is 0 Å². The van der Waals surface area contributed by atoms with E-state index in [4.69, 9.17) is 9.72 Å². The van der Waals surface area contributed by atoms with E-state index in [-0.39, 0.29) is 5.60 Å². The van der Waals surface area contributed by atoms with Gasteiger partial charge in [-0.15, -0.1) is 0 Å². The minimum atomic E-state index is -0.281. The summed E-state index contributed by atoms with van der Waals surface area (Å²) in [5, 5.41) is 3.12. The largest absolute Gasteiger partial charge is 0.373 e. The van der Waals surface area contributed by atoms with Crippen LogP contribution in [-0.4, -0.2) is 23.6 Å². The molecule has 0 bridgehead atoms. The summed E-state index contributed by atoms with van der Waals surface area (Å²) in [5.41, 5.74) is 0.896. The van der Waals surface area contributed by atoms with Crippen LogP contribution in [0.25, 0.3) is 0 Å². The lowest BCUT2D eigenvalue weighted by Gasteiger charge is -2.22. The highest BCUT2D eigenvalue weighted by atomic mass is 16.5. The SMILES string of the molecule is CNc1cc(C2CC2)nc(C2(C)CCCO2)n1. The van der Waals surface area contributed by atoms with Gasteiger partial charge in [-0.05, 0) is 32.6 Å². The van der Waals surface area contributed by atoms with E-state index in [1.807, 2.05) is 7.05 Å². The fraction of sp³-hybridized carbons (Fsp3) is 0.692. The number of nitrogens with one attached hydrogen (secondary N) is 1. The third-order valence-corrected chi connectivity index (χ3v) is 3.69. The summed E-state index contributed by atoms with van der Waals surface area (Å²) in [5.74, 6) is 2.41. The first-order valence-electron chi connectivity index (χ1n) is 6.42. The van der Waals surface area contributed by atoms with Crippen molar-refractivity contribution >= 4 is 5.82 Å². The van der Waals surface area contributed by atoms with Crippen molar-refractivity contribution in [3.63, 3.8) is 0 Å². The molecule has 4 nitrogen and oxygen atoms in total. The maximum atomic E-state index is 5.83. The van der Waals surface area contributed by atoms with Gasteiger partial charge in [-0.2, -0.15) is 0 Å². The predicted octanol–water partition coefficient (Wildman–Crippen LogP) is 2.42. The van der Waals surface area contributed by atoms with Crippen molar-refractivity contribution < 1.29 is 4.74 Å². The average molecular weight is 233 g/mol. The Morgan fingerprint density at radius 3 is 2.82 bits per heavy atom. The summed E-state index contributed by atoms with van der Waals surface area (Å²) in [7, 11) is 1.90. The first-order chi connectivity index (χ1) is 8.21. The van der Waals surface area contributed by atoms with E-state index in [1.165, 1.54) is 18.5 Å². The Bertz CT molecular complexity index is 423. The Morgan fingerprint density at radius 1 is 1.41 bits per heavy atom. The number of aromatic nitrogens is 2. The van der Waals surface area contributed by atoms with Crippen LogP contribution in [-0.2, 0) is 10.3 Å². The molecule has 0 radical (unpaired) electrons. The molecule has 0 spiro atoms. The lowest BCUT2D eigenvalue weighted by molar-refractivity contribution is 0.00927. The van der Waals surface area contributed by atoms with Crippen molar-refractivity contribution in [2.75, 3.05) is 19.0 Å². The molecule has 4 heteroatoms. The van der Waals surface area contributed by atoms with Crippen LogP contribution in [0.4, 0.5) is 5.82 Å². The van der Waals surface area contributed by atoms with Gasteiger partial charge in [-0.25, -0.2) is 9.97 Å². The molecule has 1 saturated carbocycles. The van der Waals surface area contributed by atoms with E-state index in [0.29, 0.717) is 5.92 Å². The van der Waals surface area contributed by atoms with Crippen molar-refractivity contribution in [2.45, 2.75) is 44.1 Å². The van der Waals surface area contributed by atoms with Crippen LogP contribution in [0.15, 0.2) is 6.07 Å². The third kappa shape index (κ3) is 2.02. The van der Waals surface area contributed by atoms with Gasteiger partial charge in [0.15, 0.2) is 5.82 Å². The summed E-state index contributed by atoms with van der Waals surface area (Å²) in [6, 6.07) is 2.07. The second-order valence-electron chi connectivity index (χ2n) is 5.21. The molecule has 1 unspecified atom stereocenters. The Hall–Kier alpha value is -1.16. The van der Waals surface area contributed by atoms with Gasteiger partial charge in [-0.3, -0.25) is 0 Å². The summed E-state index contributed by atoms with van der Waals surface area (Å²) in [4.78, 5) is 9.29. The van der Waals surface area contributed by atoms with Crippen molar-refractivity contribution in [1.29, 1.82) is 0 Å². The standard InChI is InChI=1S/C13H19N3O/c1-13(6-3-7-17-13)12-15-10(9-4-5-9)8-11(14-2)16-12/h8-9H,3-7H2,1-2H3,(H,14,15,16). The highest BCUT2D eigenvalue weighted by molar-refractivity contribution is 5.38. The van der Waals surface area contributed by atoms with Crippen LogP contribution in [0.5, 0.6) is 0 Å².